The summed E-state index contributed by atoms with van der Waals surface area (Å²) in [5.74, 6) is -0.886. The predicted octanol–water partition coefficient (Wildman–Crippen LogP) is 6.03. The maximum atomic E-state index is 13.2. The standard InChI is InChI=1S/C27H24ClN3O3S/c1-17(2)16-31-26(33)23(29-18-9-4-3-5-10-18)24(27(31)34)35-20-12-8-11-19(15-20)30-25(32)21-13-6-7-14-22(21)28/h3-15,17,29H,16H2,1-2H3,(H,30,32). The summed E-state index contributed by atoms with van der Waals surface area (Å²) in [7, 11) is 0. The minimum Gasteiger partial charge on any atom is -0.350 e. The molecule has 1 aliphatic rings. The zero-order valence-corrected chi connectivity index (χ0v) is 20.8. The van der Waals surface area contributed by atoms with Gasteiger partial charge in [-0.05, 0) is 48.4 Å². The maximum Gasteiger partial charge on any atom is 0.278 e. The topological polar surface area (TPSA) is 78.5 Å². The highest BCUT2D eigenvalue weighted by molar-refractivity contribution is 8.04. The minimum atomic E-state index is -0.349. The lowest BCUT2D eigenvalue weighted by Crippen LogP contribution is -2.35. The summed E-state index contributed by atoms with van der Waals surface area (Å²) < 4.78 is 0. The lowest BCUT2D eigenvalue weighted by atomic mass is 10.2. The molecule has 0 saturated carbocycles. The average molecular weight is 506 g/mol. The molecule has 3 aromatic carbocycles. The Bertz CT molecular complexity index is 1310. The molecule has 0 unspecified atom stereocenters. The zero-order chi connectivity index (χ0) is 24.9. The average Bonchev–Trinajstić information content (AvgIpc) is 3.04. The molecule has 0 aliphatic carbocycles. The third-order valence-corrected chi connectivity index (χ3v) is 6.55. The minimum absolute atomic E-state index is 0.133. The van der Waals surface area contributed by atoms with Crippen LogP contribution in [0.2, 0.25) is 5.02 Å². The molecule has 6 nitrogen and oxygen atoms in total. The van der Waals surface area contributed by atoms with Gasteiger partial charge in [0, 0.05) is 22.8 Å². The Hall–Kier alpha value is -3.55. The van der Waals surface area contributed by atoms with Crippen molar-refractivity contribution in [1.82, 2.24) is 4.90 Å². The molecule has 0 saturated heterocycles. The van der Waals surface area contributed by atoms with Gasteiger partial charge in [-0.1, -0.05) is 73.6 Å². The van der Waals surface area contributed by atoms with Crippen molar-refractivity contribution in [2.24, 2.45) is 5.92 Å². The van der Waals surface area contributed by atoms with Crippen LogP contribution in [0.4, 0.5) is 11.4 Å². The van der Waals surface area contributed by atoms with Crippen LogP contribution in [-0.4, -0.2) is 29.2 Å². The first-order valence-electron chi connectivity index (χ1n) is 11.1. The van der Waals surface area contributed by atoms with Gasteiger partial charge in [-0.2, -0.15) is 0 Å². The number of halogens is 1. The van der Waals surface area contributed by atoms with Crippen LogP contribution in [0.5, 0.6) is 0 Å². The summed E-state index contributed by atoms with van der Waals surface area (Å²) in [6, 6.07) is 23.2. The fourth-order valence-electron chi connectivity index (χ4n) is 3.55. The van der Waals surface area contributed by atoms with Gasteiger partial charge < -0.3 is 10.6 Å². The number of para-hydroxylation sites is 1. The van der Waals surface area contributed by atoms with E-state index in [1.807, 2.05) is 50.2 Å². The van der Waals surface area contributed by atoms with Crippen LogP contribution in [0.1, 0.15) is 24.2 Å². The van der Waals surface area contributed by atoms with Crippen LogP contribution in [0.3, 0.4) is 0 Å². The van der Waals surface area contributed by atoms with Crippen LogP contribution in [0, 0.1) is 5.92 Å². The SMILES string of the molecule is CC(C)CN1C(=O)C(Nc2ccccc2)=C(Sc2cccc(NC(=O)c3ccccc3Cl)c2)C1=O. The van der Waals surface area contributed by atoms with E-state index >= 15 is 0 Å². The maximum absolute atomic E-state index is 13.2. The Labute approximate surface area is 213 Å². The quantitative estimate of drug-likeness (QED) is 0.365. The highest BCUT2D eigenvalue weighted by Crippen LogP contribution is 2.37. The van der Waals surface area contributed by atoms with E-state index < -0.39 is 0 Å². The lowest BCUT2D eigenvalue weighted by Gasteiger charge is -2.17. The van der Waals surface area contributed by atoms with Crippen LogP contribution in [-0.2, 0) is 9.59 Å². The normalized spacial score (nSPS) is 13.5. The van der Waals surface area contributed by atoms with Crippen molar-refractivity contribution < 1.29 is 14.4 Å². The number of imide groups is 1. The summed E-state index contributed by atoms with van der Waals surface area (Å²) in [6.45, 7) is 4.25. The van der Waals surface area contributed by atoms with Crippen molar-refractivity contribution in [1.29, 1.82) is 0 Å². The van der Waals surface area contributed by atoms with Crippen LogP contribution < -0.4 is 10.6 Å². The number of carbonyl (C=O) groups excluding carboxylic acids is 3. The van der Waals surface area contributed by atoms with Gasteiger partial charge in [0.15, 0.2) is 0 Å². The second-order valence-corrected chi connectivity index (χ2v) is 9.86. The van der Waals surface area contributed by atoms with E-state index in [1.54, 1.807) is 42.5 Å². The number of amides is 3. The highest BCUT2D eigenvalue weighted by atomic mass is 35.5. The molecule has 0 atom stereocenters. The summed E-state index contributed by atoms with van der Waals surface area (Å²) in [4.78, 5) is 41.4. The number of nitrogens with zero attached hydrogens (tertiary/aromatic N) is 1. The number of anilines is 2. The molecule has 0 bridgehead atoms. The summed E-state index contributed by atoms with van der Waals surface area (Å²) >= 11 is 7.33. The summed E-state index contributed by atoms with van der Waals surface area (Å²) in [5.41, 5.74) is 1.88. The van der Waals surface area contributed by atoms with Gasteiger partial charge in [-0.15, -0.1) is 0 Å². The fraction of sp³-hybridized carbons (Fsp3) is 0.148. The molecule has 1 heterocycles. The number of hydrogen-bond donors (Lipinski definition) is 2. The zero-order valence-electron chi connectivity index (χ0n) is 19.2. The number of carbonyl (C=O) groups is 3. The number of nitrogens with one attached hydrogen (secondary N) is 2. The van der Waals surface area contributed by atoms with Crippen molar-refractivity contribution in [3.8, 4) is 0 Å². The van der Waals surface area contributed by atoms with E-state index in [0.29, 0.717) is 38.3 Å². The van der Waals surface area contributed by atoms with Crippen molar-refractivity contribution in [2.75, 3.05) is 17.2 Å². The van der Waals surface area contributed by atoms with Gasteiger partial charge in [-0.3, -0.25) is 19.3 Å². The van der Waals surface area contributed by atoms with Crippen LogP contribution in [0.15, 0.2) is 94.4 Å². The molecular formula is C27H24ClN3O3S. The number of rotatable bonds is 8. The fourth-order valence-corrected chi connectivity index (χ4v) is 4.78. The van der Waals surface area contributed by atoms with E-state index in [1.165, 1.54) is 16.7 Å². The Morgan fingerprint density at radius 3 is 2.31 bits per heavy atom. The van der Waals surface area contributed by atoms with Gasteiger partial charge in [0.25, 0.3) is 17.7 Å². The van der Waals surface area contributed by atoms with Gasteiger partial charge in [0.2, 0.25) is 0 Å². The first kappa shape index (κ1) is 24.6. The van der Waals surface area contributed by atoms with Gasteiger partial charge in [0.1, 0.15) is 10.6 Å². The molecule has 3 amide bonds. The van der Waals surface area contributed by atoms with E-state index in [0.717, 1.165) is 0 Å². The smallest absolute Gasteiger partial charge is 0.278 e. The first-order valence-corrected chi connectivity index (χ1v) is 12.3. The molecule has 1 aliphatic heterocycles. The number of hydrogen-bond acceptors (Lipinski definition) is 5. The second kappa shape index (κ2) is 10.8. The molecule has 0 aromatic heterocycles. The Balaban J connectivity index is 1.60. The first-order chi connectivity index (χ1) is 16.8. The largest absolute Gasteiger partial charge is 0.350 e. The third-order valence-electron chi connectivity index (χ3n) is 5.15. The van der Waals surface area contributed by atoms with Crippen LogP contribution >= 0.6 is 23.4 Å². The van der Waals surface area contributed by atoms with E-state index in [-0.39, 0.29) is 29.3 Å². The Kier molecular flexibility index (Phi) is 7.58. The molecule has 2 N–H and O–H groups in total. The lowest BCUT2D eigenvalue weighted by molar-refractivity contribution is -0.137. The molecular weight excluding hydrogens is 482 g/mol. The summed E-state index contributed by atoms with van der Waals surface area (Å²) in [5, 5.41) is 6.33. The molecule has 178 valence electrons. The van der Waals surface area contributed by atoms with Crippen molar-refractivity contribution in [3.63, 3.8) is 0 Å². The number of benzene rings is 3. The van der Waals surface area contributed by atoms with Crippen LogP contribution in [0.25, 0.3) is 0 Å². The van der Waals surface area contributed by atoms with Crippen molar-refractivity contribution in [3.05, 3.63) is 100 Å². The Morgan fingerprint density at radius 2 is 1.60 bits per heavy atom. The molecule has 3 aromatic rings. The van der Waals surface area contributed by atoms with Gasteiger partial charge in [-0.25, -0.2) is 0 Å². The highest BCUT2D eigenvalue weighted by Gasteiger charge is 2.39. The molecule has 8 heteroatoms. The van der Waals surface area contributed by atoms with E-state index in [4.69, 9.17) is 11.6 Å². The molecule has 4 rings (SSSR count). The third kappa shape index (κ3) is 5.75. The molecule has 0 radical (unpaired) electrons. The summed E-state index contributed by atoms with van der Waals surface area (Å²) in [6.07, 6.45) is 0. The van der Waals surface area contributed by atoms with Crippen molar-refractivity contribution in [2.45, 2.75) is 18.7 Å². The predicted molar refractivity (Wildman–Crippen MR) is 140 cm³/mol. The van der Waals surface area contributed by atoms with Gasteiger partial charge in [0.05, 0.1) is 10.6 Å². The Morgan fingerprint density at radius 1 is 0.914 bits per heavy atom. The van der Waals surface area contributed by atoms with E-state index in [9.17, 15) is 14.4 Å². The monoisotopic (exact) mass is 505 g/mol. The van der Waals surface area contributed by atoms with Crippen molar-refractivity contribution >= 4 is 52.5 Å². The number of thioether (sulfide) groups is 1. The van der Waals surface area contributed by atoms with E-state index in [2.05, 4.69) is 10.6 Å². The second-order valence-electron chi connectivity index (χ2n) is 8.37. The van der Waals surface area contributed by atoms with Gasteiger partial charge >= 0.3 is 0 Å². The molecule has 35 heavy (non-hydrogen) atoms. The molecule has 0 spiro atoms. The molecule has 0 fully saturated rings.